The highest BCUT2D eigenvalue weighted by atomic mass is 79.9. The van der Waals surface area contributed by atoms with Crippen LogP contribution in [0.1, 0.15) is 12.5 Å². The van der Waals surface area contributed by atoms with Crippen LogP contribution in [0.25, 0.3) is 6.08 Å². The molecule has 0 atom stereocenters. The first-order chi connectivity index (χ1) is 18.8. The van der Waals surface area contributed by atoms with E-state index in [9.17, 15) is 19.2 Å². The second-order valence-corrected chi connectivity index (χ2v) is 8.98. The molecule has 0 unspecified atom stereocenters. The number of anilines is 2. The molecule has 0 radical (unpaired) electrons. The summed E-state index contributed by atoms with van der Waals surface area (Å²) in [6, 6.07) is 17.5. The number of barbiturate groups is 1. The summed E-state index contributed by atoms with van der Waals surface area (Å²) < 4.78 is 17.0. The highest BCUT2D eigenvalue weighted by Crippen LogP contribution is 2.38. The molecule has 1 saturated heterocycles. The third kappa shape index (κ3) is 6.44. The molecular formula is C28H24BrN3O7. The van der Waals surface area contributed by atoms with Crippen LogP contribution in [-0.4, -0.2) is 44.1 Å². The average molecular weight is 594 g/mol. The molecule has 0 saturated carbocycles. The number of ether oxygens (including phenoxy) is 3. The van der Waals surface area contributed by atoms with Gasteiger partial charge in [-0.3, -0.25) is 19.7 Å². The quantitative estimate of drug-likeness (QED) is 0.276. The number of nitrogens with one attached hydrogen (secondary N) is 2. The summed E-state index contributed by atoms with van der Waals surface area (Å²) in [5.74, 6) is -0.879. The Bertz CT molecular complexity index is 1440. The number of hydrogen-bond acceptors (Lipinski definition) is 7. The van der Waals surface area contributed by atoms with Gasteiger partial charge in [0.2, 0.25) is 0 Å². The number of para-hydroxylation sites is 1. The maximum atomic E-state index is 13.2. The number of hydrogen-bond donors (Lipinski definition) is 2. The van der Waals surface area contributed by atoms with E-state index in [1.807, 2.05) is 6.07 Å². The number of carbonyl (C=O) groups excluding carboxylic acids is 4. The van der Waals surface area contributed by atoms with Gasteiger partial charge in [0, 0.05) is 5.69 Å². The lowest BCUT2D eigenvalue weighted by atomic mass is 10.1. The first-order valence-corrected chi connectivity index (χ1v) is 12.6. The van der Waals surface area contributed by atoms with Gasteiger partial charge in [0.15, 0.2) is 18.1 Å². The number of carbonyl (C=O) groups is 4. The highest BCUT2D eigenvalue weighted by Gasteiger charge is 2.37. The molecule has 11 heteroatoms. The Hall–Kier alpha value is -4.64. The number of amides is 5. The van der Waals surface area contributed by atoms with E-state index in [0.717, 1.165) is 4.90 Å². The van der Waals surface area contributed by atoms with Crippen LogP contribution < -0.4 is 29.7 Å². The van der Waals surface area contributed by atoms with Crippen molar-refractivity contribution in [2.45, 2.75) is 6.92 Å². The molecule has 1 heterocycles. The normalized spacial score (nSPS) is 14.2. The van der Waals surface area contributed by atoms with Crippen LogP contribution in [0.5, 0.6) is 17.2 Å². The summed E-state index contributed by atoms with van der Waals surface area (Å²) in [5, 5.41) is 4.93. The van der Waals surface area contributed by atoms with E-state index >= 15 is 0 Å². The number of rotatable bonds is 9. The number of nitrogens with zero attached hydrogens (tertiary/aromatic N) is 1. The second-order valence-electron chi connectivity index (χ2n) is 8.12. The maximum Gasteiger partial charge on any atom is 0.335 e. The van der Waals surface area contributed by atoms with Gasteiger partial charge >= 0.3 is 6.03 Å². The minimum atomic E-state index is -0.860. The van der Waals surface area contributed by atoms with Gasteiger partial charge in [0.05, 0.1) is 23.9 Å². The minimum Gasteiger partial charge on any atom is -0.497 e. The van der Waals surface area contributed by atoms with Crippen molar-refractivity contribution in [2.24, 2.45) is 0 Å². The van der Waals surface area contributed by atoms with Gasteiger partial charge in [-0.05, 0) is 83.0 Å². The van der Waals surface area contributed by atoms with Crippen molar-refractivity contribution in [2.75, 3.05) is 30.5 Å². The Morgan fingerprint density at radius 3 is 2.41 bits per heavy atom. The molecule has 0 aromatic heterocycles. The molecule has 3 aromatic carbocycles. The summed E-state index contributed by atoms with van der Waals surface area (Å²) in [5.41, 5.74) is 1.07. The van der Waals surface area contributed by atoms with Gasteiger partial charge < -0.3 is 19.5 Å². The summed E-state index contributed by atoms with van der Waals surface area (Å²) in [6.07, 6.45) is 1.35. The third-order valence-electron chi connectivity index (χ3n) is 5.48. The molecule has 1 aliphatic heterocycles. The SMILES string of the molecule is CCOc1cc(/C=C2\C(=O)NC(=O)N(c3ccc(OC)cc3)C2=O)cc(Br)c1OCC(=O)Nc1ccccc1. The number of urea groups is 1. The average Bonchev–Trinajstić information content (AvgIpc) is 2.91. The minimum absolute atomic E-state index is 0.254. The van der Waals surface area contributed by atoms with Gasteiger partial charge in [0.25, 0.3) is 17.7 Å². The van der Waals surface area contributed by atoms with Gasteiger partial charge in [0.1, 0.15) is 11.3 Å². The molecule has 1 aliphatic rings. The molecule has 0 aliphatic carbocycles. The number of halogens is 1. The Labute approximate surface area is 232 Å². The Kier molecular flexibility index (Phi) is 8.62. The van der Waals surface area contributed by atoms with Gasteiger partial charge in [-0.2, -0.15) is 0 Å². The Morgan fingerprint density at radius 1 is 1.03 bits per heavy atom. The lowest BCUT2D eigenvalue weighted by molar-refractivity contribution is -0.122. The van der Waals surface area contributed by atoms with E-state index < -0.39 is 17.8 Å². The monoisotopic (exact) mass is 593 g/mol. The fraction of sp³-hybridized carbons (Fsp3) is 0.143. The first-order valence-electron chi connectivity index (χ1n) is 11.8. The largest absolute Gasteiger partial charge is 0.497 e. The van der Waals surface area contributed by atoms with Crippen LogP contribution in [-0.2, 0) is 14.4 Å². The summed E-state index contributed by atoms with van der Waals surface area (Å²) >= 11 is 3.42. The summed E-state index contributed by atoms with van der Waals surface area (Å²) in [4.78, 5) is 51.5. The Balaban J connectivity index is 1.58. The first kappa shape index (κ1) is 27.4. The van der Waals surface area contributed by atoms with Crippen LogP contribution in [0.2, 0.25) is 0 Å². The topological polar surface area (TPSA) is 123 Å². The summed E-state index contributed by atoms with van der Waals surface area (Å²) in [6.45, 7) is 1.79. The molecule has 39 heavy (non-hydrogen) atoms. The van der Waals surface area contributed by atoms with Crippen LogP contribution >= 0.6 is 15.9 Å². The van der Waals surface area contributed by atoms with E-state index in [0.29, 0.717) is 21.5 Å². The zero-order valence-electron chi connectivity index (χ0n) is 21.0. The molecule has 3 aromatic rings. The van der Waals surface area contributed by atoms with Crippen molar-refractivity contribution in [3.8, 4) is 17.2 Å². The number of methoxy groups -OCH3 is 1. The summed E-state index contributed by atoms with van der Waals surface area (Å²) in [7, 11) is 1.50. The zero-order chi connectivity index (χ0) is 27.9. The molecule has 1 fully saturated rings. The molecular weight excluding hydrogens is 570 g/mol. The van der Waals surface area contributed by atoms with Gasteiger partial charge in [-0.1, -0.05) is 18.2 Å². The standard InChI is InChI=1S/C28H24BrN3O7/c1-3-38-23-15-17(14-22(29)25(23)39-16-24(33)30-18-7-5-4-6-8-18)13-21-26(34)31-28(36)32(27(21)35)19-9-11-20(37-2)12-10-19/h4-15H,3,16H2,1-2H3,(H,30,33)(H,31,34,36)/b21-13+. The van der Waals surface area contributed by atoms with Crippen molar-refractivity contribution in [1.29, 1.82) is 0 Å². The molecule has 2 N–H and O–H groups in total. The van der Waals surface area contributed by atoms with Crippen molar-refractivity contribution in [3.05, 3.63) is 82.3 Å². The van der Waals surface area contributed by atoms with Crippen LogP contribution in [0.4, 0.5) is 16.2 Å². The van der Waals surface area contributed by atoms with E-state index in [-0.39, 0.29) is 41.9 Å². The molecule has 0 bridgehead atoms. The molecule has 4 rings (SSSR count). The van der Waals surface area contributed by atoms with Gasteiger partial charge in [-0.25, -0.2) is 9.69 Å². The number of benzene rings is 3. The second kappa shape index (κ2) is 12.3. The number of imide groups is 2. The van der Waals surface area contributed by atoms with E-state index in [1.165, 1.54) is 25.3 Å². The predicted molar refractivity (Wildman–Crippen MR) is 148 cm³/mol. The van der Waals surface area contributed by atoms with Crippen molar-refractivity contribution < 1.29 is 33.4 Å². The lowest BCUT2D eigenvalue weighted by Gasteiger charge is -2.26. The highest BCUT2D eigenvalue weighted by molar-refractivity contribution is 9.10. The van der Waals surface area contributed by atoms with Crippen molar-refractivity contribution in [3.63, 3.8) is 0 Å². The predicted octanol–water partition coefficient (Wildman–Crippen LogP) is 4.54. The van der Waals surface area contributed by atoms with Crippen LogP contribution in [0.15, 0.2) is 76.8 Å². The molecule has 10 nitrogen and oxygen atoms in total. The maximum absolute atomic E-state index is 13.2. The van der Waals surface area contributed by atoms with E-state index in [4.69, 9.17) is 14.2 Å². The van der Waals surface area contributed by atoms with Gasteiger partial charge in [-0.15, -0.1) is 0 Å². The third-order valence-corrected chi connectivity index (χ3v) is 6.07. The van der Waals surface area contributed by atoms with Crippen LogP contribution in [0.3, 0.4) is 0 Å². The fourth-order valence-electron chi connectivity index (χ4n) is 3.72. The lowest BCUT2D eigenvalue weighted by Crippen LogP contribution is -2.54. The smallest absolute Gasteiger partial charge is 0.335 e. The van der Waals surface area contributed by atoms with Crippen LogP contribution in [0, 0.1) is 0 Å². The Morgan fingerprint density at radius 2 is 1.74 bits per heavy atom. The molecule has 0 spiro atoms. The molecule has 200 valence electrons. The molecule has 5 amide bonds. The van der Waals surface area contributed by atoms with E-state index in [1.54, 1.807) is 55.5 Å². The zero-order valence-corrected chi connectivity index (χ0v) is 22.6. The van der Waals surface area contributed by atoms with Crippen molar-refractivity contribution >= 4 is 57.1 Å². The van der Waals surface area contributed by atoms with Crippen molar-refractivity contribution in [1.82, 2.24) is 5.32 Å². The van der Waals surface area contributed by atoms with E-state index in [2.05, 4.69) is 26.6 Å². The fourth-order valence-corrected chi connectivity index (χ4v) is 4.29.